The van der Waals surface area contributed by atoms with Gasteiger partial charge in [-0.05, 0) is 30.3 Å². The second-order valence-electron chi connectivity index (χ2n) is 4.24. The van der Waals surface area contributed by atoms with Gasteiger partial charge in [-0.3, -0.25) is 14.9 Å². The molecule has 7 heteroatoms. The number of anilines is 1. The number of carbonyl (C=O) groups excluding carboxylic acids is 1. The number of benzene rings is 2. The van der Waals surface area contributed by atoms with E-state index in [9.17, 15) is 19.3 Å². The third-order valence-corrected chi connectivity index (χ3v) is 3.11. The second kappa shape index (κ2) is 6.82. The number of nitrogens with zero attached hydrogens (tertiary/aromatic N) is 1. The lowest BCUT2D eigenvalue weighted by Crippen LogP contribution is -2.06. The van der Waals surface area contributed by atoms with Crippen molar-refractivity contribution in [1.82, 2.24) is 0 Å². The molecule has 0 saturated heterocycles. The normalized spacial score (nSPS) is 10.6. The van der Waals surface area contributed by atoms with Crippen LogP contribution < -0.4 is 5.32 Å². The van der Waals surface area contributed by atoms with Gasteiger partial charge in [0.1, 0.15) is 5.82 Å². The van der Waals surface area contributed by atoms with Crippen molar-refractivity contribution < 1.29 is 14.1 Å². The molecule has 0 amide bonds. The van der Waals surface area contributed by atoms with Gasteiger partial charge in [0.05, 0.1) is 16.1 Å². The summed E-state index contributed by atoms with van der Waals surface area (Å²) in [5.74, 6) is -1.08. The first-order valence-electron chi connectivity index (χ1n) is 6.14. The largest absolute Gasteiger partial charge is 0.356 e. The van der Waals surface area contributed by atoms with Gasteiger partial charge in [-0.25, -0.2) is 4.39 Å². The summed E-state index contributed by atoms with van der Waals surface area (Å²) in [6.45, 7) is 0. The van der Waals surface area contributed by atoms with Crippen LogP contribution in [0.25, 0.3) is 0 Å². The van der Waals surface area contributed by atoms with Crippen molar-refractivity contribution in [2.75, 3.05) is 5.32 Å². The highest BCUT2D eigenvalue weighted by Gasteiger charge is 2.16. The van der Waals surface area contributed by atoms with Crippen molar-refractivity contribution >= 4 is 23.1 Å². The lowest BCUT2D eigenvalue weighted by Gasteiger charge is -2.09. The predicted molar refractivity (Wildman–Crippen MR) is 81.0 cm³/mol. The Hall–Kier alpha value is -2.73. The Labute approximate surface area is 130 Å². The molecule has 0 aliphatic heterocycles. The van der Waals surface area contributed by atoms with E-state index in [1.165, 1.54) is 12.1 Å². The monoisotopic (exact) mass is 320 g/mol. The zero-order valence-electron chi connectivity index (χ0n) is 11.1. The van der Waals surface area contributed by atoms with Gasteiger partial charge >= 0.3 is 0 Å². The van der Waals surface area contributed by atoms with Crippen LogP contribution in [0.15, 0.2) is 54.9 Å². The SMILES string of the molecule is O=C(c1ccccc1Cl)c1cc(F)ccc1N/C=C/[N+](=O)[O-]. The minimum Gasteiger partial charge on any atom is -0.356 e. The third kappa shape index (κ3) is 3.67. The van der Waals surface area contributed by atoms with E-state index < -0.39 is 16.5 Å². The van der Waals surface area contributed by atoms with Crippen LogP contribution in [-0.4, -0.2) is 10.7 Å². The summed E-state index contributed by atoms with van der Waals surface area (Å²) < 4.78 is 13.4. The van der Waals surface area contributed by atoms with E-state index in [-0.39, 0.29) is 21.8 Å². The van der Waals surface area contributed by atoms with Crippen LogP contribution in [0, 0.1) is 15.9 Å². The summed E-state index contributed by atoms with van der Waals surface area (Å²) in [6, 6.07) is 9.89. The molecule has 112 valence electrons. The molecule has 0 spiro atoms. The topological polar surface area (TPSA) is 72.2 Å². The minimum absolute atomic E-state index is 0.0288. The highest BCUT2D eigenvalue weighted by molar-refractivity contribution is 6.35. The first-order chi connectivity index (χ1) is 10.5. The molecule has 2 aromatic carbocycles. The highest BCUT2D eigenvalue weighted by atomic mass is 35.5. The Morgan fingerprint density at radius 2 is 1.95 bits per heavy atom. The highest BCUT2D eigenvalue weighted by Crippen LogP contribution is 2.24. The van der Waals surface area contributed by atoms with Crippen LogP contribution in [-0.2, 0) is 0 Å². The quantitative estimate of drug-likeness (QED) is 0.515. The fraction of sp³-hybridized carbons (Fsp3) is 0. The number of ketones is 1. The first kappa shape index (κ1) is 15.7. The molecule has 0 bridgehead atoms. The molecule has 0 radical (unpaired) electrons. The molecule has 0 fully saturated rings. The van der Waals surface area contributed by atoms with Crippen LogP contribution in [0.1, 0.15) is 15.9 Å². The first-order valence-corrected chi connectivity index (χ1v) is 6.52. The fourth-order valence-corrected chi connectivity index (χ4v) is 2.03. The third-order valence-electron chi connectivity index (χ3n) is 2.78. The number of rotatable bonds is 5. The van der Waals surface area contributed by atoms with Crippen molar-refractivity contribution in [3.05, 3.63) is 86.9 Å². The van der Waals surface area contributed by atoms with E-state index in [0.29, 0.717) is 6.20 Å². The van der Waals surface area contributed by atoms with Gasteiger partial charge in [-0.2, -0.15) is 0 Å². The van der Waals surface area contributed by atoms with Gasteiger partial charge in [0.2, 0.25) is 6.20 Å². The maximum atomic E-state index is 13.4. The van der Waals surface area contributed by atoms with Gasteiger partial charge in [-0.1, -0.05) is 23.7 Å². The van der Waals surface area contributed by atoms with Crippen molar-refractivity contribution in [3.63, 3.8) is 0 Å². The predicted octanol–water partition coefficient (Wildman–Crippen LogP) is 3.87. The number of nitrogens with one attached hydrogen (secondary N) is 1. The number of halogens is 2. The summed E-state index contributed by atoms with van der Waals surface area (Å²) >= 11 is 5.97. The molecular weight excluding hydrogens is 311 g/mol. The van der Waals surface area contributed by atoms with Gasteiger partial charge in [0.25, 0.3) is 0 Å². The standard InChI is InChI=1S/C15H10ClFN2O3/c16-13-4-2-1-3-11(13)15(20)12-9-10(17)5-6-14(12)18-7-8-19(21)22/h1-9,18H/b8-7+. The smallest absolute Gasteiger partial charge is 0.250 e. The van der Waals surface area contributed by atoms with Crippen LogP contribution >= 0.6 is 11.6 Å². The molecule has 0 aromatic heterocycles. The average Bonchev–Trinajstić information content (AvgIpc) is 2.48. The van der Waals surface area contributed by atoms with Crippen molar-refractivity contribution in [2.45, 2.75) is 0 Å². The summed E-state index contributed by atoms with van der Waals surface area (Å²) in [6.07, 6.45) is 1.73. The van der Waals surface area contributed by atoms with Crippen molar-refractivity contribution in [1.29, 1.82) is 0 Å². The van der Waals surface area contributed by atoms with E-state index in [1.807, 2.05) is 0 Å². The molecule has 2 rings (SSSR count). The summed E-state index contributed by atoms with van der Waals surface area (Å²) in [4.78, 5) is 22.1. The molecule has 5 nitrogen and oxygen atoms in total. The molecule has 1 N–H and O–H groups in total. The zero-order chi connectivity index (χ0) is 16.1. The average molecular weight is 321 g/mol. The molecule has 0 aliphatic rings. The number of nitro groups is 1. The lowest BCUT2D eigenvalue weighted by atomic mass is 10.0. The fourth-order valence-electron chi connectivity index (χ4n) is 1.81. The van der Waals surface area contributed by atoms with Crippen LogP contribution in [0.3, 0.4) is 0 Å². The van der Waals surface area contributed by atoms with Crippen molar-refractivity contribution in [2.24, 2.45) is 0 Å². The number of hydrogen-bond donors (Lipinski definition) is 1. The Bertz CT molecular complexity index is 762. The Kier molecular flexibility index (Phi) is 4.85. The van der Waals surface area contributed by atoms with Gasteiger partial charge in [0.15, 0.2) is 5.78 Å². The molecule has 0 aliphatic carbocycles. The number of hydrogen-bond acceptors (Lipinski definition) is 4. The van der Waals surface area contributed by atoms with E-state index in [2.05, 4.69) is 5.32 Å². The van der Waals surface area contributed by atoms with E-state index in [1.54, 1.807) is 18.2 Å². The molecule has 0 atom stereocenters. The Balaban J connectivity index is 2.41. The minimum atomic E-state index is -0.661. The van der Waals surface area contributed by atoms with E-state index in [0.717, 1.165) is 18.3 Å². The van der Waals surface area contributed by atoms with Gasteiger partial charge < -0.3 is 5.32 Å². The van der Waals surface area contributed by atoms with Crippen LogP contribution in [0.2, 0.25) is 5.02 Å². The van der Waals surface area contributed by atoms with E-state index >= 15 is 0 Å². The van der Waals surface area contributed by atoms with Crippen LogP contribution in [0.5, 0.6) is 0 Å². The molecule has 0 heterocycles. The molecule has 22 heavy (non-hydrogen) atoms. The number of carbonyl (C=O) groups is 1. The Morgan fingerprint density at radius 3 is 2.64 bits per heavy atom. The summed E-state index contributed by atoms with van der Waals surface area (Å²) in [5.41, 5.74) is 0.488. The maximum Gasteiger partial charge on any atom is 0.250 e. The van der Waals surface area contributed by atoms with Crippen LogP contribution in [0.4, 0.5) is 10.1 Å². The Morgan fingerprint density at radius 1 is 1.23 bits per heavy atom. The van der Waals surface area contributed by atoms with Gasteiger partial charge in [0, 0.05) is 16.8 Å². The molecule has 0 unspecified atom stereocenters. The lowest BCUT2D eigenvalue weighted by molar-refractivity contribution is -0.402. The van der Waals surface area contributed by atoms with Gasteiger partial charge in [-0.15, -0.1) is 0 Å². The summed E-state index contributed by atoms with van der Waals surface area (Å²) in [7, 11) is 0. The molecule has 0 saturated carbocycles. The summed E-state index contributed by atoms with van der Waals surface area (Å²) in [5, 5.41) is 13.1. The maximum absolute atomic E-state index is 13.4. The second-order valence-corrected chi connectivity index (χ2v) is 4.65. The molecular formula is C15H10ClFN2O3. The van der Waals surface area contributed by atoms with Crippen molar-refractivity contribution in [3.8, 4) is 0 Å². The molecule has 2 aromatic rings. The van der Waals surface area contributed by atoms with E-state index in [4.69, 9.17) is 11.6 Å². The zero-order valence-corrected chi connectivity index (χ0v) is 11.9.